The Morgan fingerprint density at radius 2 is 0.608 bits per heavy atom. The second-order valence-electron chi connectivity index (χ2n) is 30.0. The predicted octanol–water partition coefficient (Wildman–Crippen LogP) is 17.2. The molecular formula is C105H82N27O6Pt5-3. The molecular weight excluding hydrogens is 2710 g/mol. The Labute approximate surface area is 888 Å². The third-order valence-corrected chi connectivity index (χ3v) is 20.7. The normalized spacial score (nSPS) is 10.8. The zero-order valence-corrected chi connectivity index (χ0v) is 87.0. The zero-order chi connectivity index (χ0) is 94.9. The van der Waals surface area contributed by atoms with E-state index in [1.165, 1.54) is 30.9 Å². The molecule has 726 valence electrons. The number of carbonyl (C=O) groups is 2. The Bertz CT molecular complexity index is 7470. The predicted molar refractivity (Wildman–Crippen MR) is 522 cm³/mol. The Morgan fingerprint density at radius 3 is 0.825 bits per heavy atom. The number of rotatable bonds is 11. The summed E-state index contributed by atoms with van der Waals surface area (Å²) in [6, 6.07) is 113. The van der Waals surface area contributed by atoms with E-state index in [2.05, 4.69) is 221 Å². The molecule has 0 aliphatic heterocycles. The summed E-state index contributed by atoms with van der Waals surface area (Å²) < 4.78 is 21.1. The van der Waals surface area contributed by atoms with Gasteiger partial charge in [0.1, 0.15) is 5.69 Å². The maximum absolute atomic E-state index is 10.1. The van der Waals surface area contributed by atoms with Crippen LogP contribution >= 0.6 is 0 Å². The Balaban J connectivity index is 0.000000143. The first-order chi connectivity index (χ1) is 67.8. The van der Waals surface area contributed by atoms with Crippen molar-refractivity contribution in [3.63, 3.8) is 0 Å². The van der Waals surface area contributed by atoms with Crippen molar-refractivity contribution in [1.29, 1.82) is 0 Å². The van der Waals surface area contributed by atoms with Crippen LogP contribution in [0.2, 0.25) is 0 Å². The van der Waals surface area contributed by atoms with E-state index in [-0.39, 0.29) is 129 Å². The van der Waals surface area contributed by atoms with E-state index in [0.717, 1.165) is 118 Å². The second kappa shape index (κ2) is 52.0. The van der Waals surface area contributed by atoms with E-state index in [0.29, 0.717) is 29.6 Å². The summed E-state index contributed by atoms with van der Waals surface area (Å²) in [5.74, 6) is 4.27. The van der Waals surface area contributed by atoms with Gasteiger partial charge in [-0.1, -0.05) is 107 Å². The quantitative estimate of drug-likeness (QED) is 0.0874. The summed E-state index contributed by atoms with van der Waals surface area (Å²) >= 11 is 0. The van der Waals surface area contributed by atoms with Gasteiger partial charge >= 0.3 is 54.1 Å². The van der Waals surface area contributed by atoms with Crippen molar-refractivity contribution < 1.29 is 135 Å². The number of hydrogen-bond acceptors (Lipinski definition) is 19. The molecule has 26 rings (SSSR count). The van der Waals surface area contributed by atoms with E-state index in [1.807, 2.05) is 274 Å². The van der Waals surface area contributed by atoms with Crippen LogP contribution in [-0.4, -0.2) is 165 Å². The summed E-state index contributed by atoms with van der Waals surface area (Å²) in [6.45, 7) is 5.12. The molecule has 0 spiro atoms. The second-order valence-corrected chi connectivity index (χ2v) is 30.0. The van der Waals surface area contributed by atoms with Crippen molar-refractivity contribution >= 4 is 96.0 Å². The maximum Gasteiger partial charge on any atom is 2.00 e. The monoisotopic (exact) mass is 2790 g/mol. The number of fused-ring (bicyclic) bond motifs is 15. The summed E-state index contributed by atoms with van der Waals surface area (Å²) in [5.41, 5.74) is 18.0. The Kier molecular flexibility index (Phi) is 38.6. The van der Waals surface area contributed by atoms with Gasteiger partial charge in [-0.3, -0.25) is 52.4 Å². The Morgan fingerprint density at radius 1 is 0.322 bits per heavy atom. The number of hydrogen-bond donors (Lipinski definition) is 4. The number of pyridine rings is 3. The van der Waals surface area contributed by atoms with E-state index >= 15 is 0 Å². The molecule has 2 atom stereocenters. The molecule has 10 aromatic carbocycles. The van der Waals surface area contributed by atoms with Crippen LogP contribution in [0, 0.1) is 37.3 Å². The van der Waals surface area contributed by atoms with Crippen molar-refractivity contribution in [3.05, 3.63) is 444 Å². The standard InChI is InChI=1S/5C15H10N3.C8H7N4.C6H4N5.C6H5NO2.C5H4N2O2.C5H12O2.5Pt/c5*1-2-6-12(7-3-1)18-14-9-5-4-8-13(14)17-11-10-16-15(17)18;1-6-10-8(12-11-6)7-4-2-3-5-9-7;1-2-4-7-5(3-1)6-8-10-11-9-6;8-6(9)5-3-1-2-4-7-5;8-5(9)4-3-6-1-2-7-4;1-4(6)3-5(2)7;;;;;/h5*1-6,8-11H;2-5H,1H3;1-4H;1-4H,(H,8,9);1-3H,(H,8,9);4-7H,3H2,1-2H3;;;;;/q7*-1;;;;;;;2*+2. The molecule has 0 aliphatic carbocycles. The molecule has 33 nitrogen and oxygen atoms in total. The van der Waals surface area contributed by atoms with Gasteiger partial charge in [-0.15, -0.1) is 30.3 Å². The first-order valence-electron chi connectivity index (χ1n) is 43.1. The molecule has 16 heterocycles. The fourth-order valence-electron chi connectivity index (χ4n) is 14.9. The van der Waals surface area contributed by atoms with Gasteiger partial charge in [-0.2, -0.15) is 127 Å². The van der Waals surface area contributed by atoms with Crippen LogP contribution in [0.25, 0.3) is 136 Å². The number of carboxylic acid groups (broad SMARTS) is 2. The van der Waals surface area contributed by atoms with Crippen LogP contribution in [0.3, 0.4) is 0 Å². The van der Waals surface area contributed by atoms with Crippen LogP contribution in [0.15, 0.2) is 396 Å². The zero-order valence-electron chi connectivity index (χ0n) is 75.7. The van der Waals surface area contributed by atoms with Gasteiger partial charge in [0, 0.05) is 162 Å². The molecule has 38 heteroatoms. The fraction of sp³-hybridized carbons (Fsp3) is 0.0571. The van der Waals surface area contributed by atoms with Crippen LogP contribution in [0.5, 0.6) is 0 Å². The van der Waals surface area contributed by atoms with E-state index in [9.17, 15) is 9.59 Å². The first kappa shape index (κ1) is 106. The molecule has 0 aliphatic rings. The molecule has 2 unspecified atom stereocenters. The van der Waals surface area contributed by atoms with Crippen LogP contribution in [-0.2, 0) is 105 Å². The van der Waals surface area contributed by atoms with Gasteiger partial charge in [0.15, 0.2) is 5.69 Å². The van der Waals surface area contributed by atoms with Gasteiger partial charge in [-0.05, 0) is 130 Å². The SMILES string of the molecule is CC(O)CC(C)O.Cc1n[n-]c(-c2ccccn2)n1.O=C(O)c1ccccn1.O=C(O)c1cnccn1.[Pt+2].[Pt+2].[Pt].[Pt].[Pt].[c-]1ccccc1-n1c2ccccc2n2ccnc12.[c-]1ccccc1-n1c2ccccc2n2ccnc12.[c-]1ccccc1-n1c2ccccc2n2ccnc12.[c-]1ccccc1-n1c2ccccc2n2ccnc12.[c-]1ccccc1-n1c2ccccc2n2ccnc12.c1ccc(-c2nnn[n-]2)nc1. The van der Waals surface area contributed by atoms with Crippen molar-refractivity contribution in [2.45, 2.75) is 39.4 Å². The molecule has 0 bridgehead atoms. The van der Waals surface area contributed by atoms with Crippen LogP contribution in [0.4, 0.5) is 0 Å². The minimum Gasteiger partial charge on any atom is -0.477 e. The number of aromatic carboxylic acids is 2. The van der Waals surface area contributed by atoms with Crippen molar-refractivity contribution in [3.8, 4) is 51.5 Å². The summed E-state index contributed by atoms with van der Waals surface area (Å²) in [4.78, 5) is 65.3. The summed E-state index contributed by atoms with van der Waals surface area (Å²) in [6.07, 6.45) is 27.5. The summed E-state index contributed by atoms with van der Waals surface area (Å²) in [7, 11) is 0. The molecule has 26 aromatic rings. The number of carboxylic acids is 2. The third-order valence-electron chi connectivity index (χ3n) is 20.7. The van der Waals surface area contributed by atoms with Crippen LogP contribution < -0.4 is 10.2 Å². The molecule has 0 radical (unpaired) electrons. The molecule has 143 heavy (non-hydrogen) atoms. The maximum atomic E-state index is 10.1. The van der Waals surface area contributed by atoms with Crippen LogP contribution in [0.1, 0.15) is 47.1 Å². The topological polar surface area (TPSA) is 383 Å². The average molecular weight is 2790 g/mol. The van der Waals surface area contributed by atoms with E-state index < -0.39 is 11.9 Å². The molecule has 0 saturated carbocycles. The van der Waals surface area contributed by atoms with Gasteiger partial charge in [0.2, 0.25) is 28.9 Å². The van der Waals surface area contributed by atoms with Crippen molar-refractivity contribution in [2.75, 3.05) is 0 Å². The van der Waals surface area contributed by atoms with Gasteiger partial charge in [0.05, 0.1) is 90.8 Å². The first-order valence-corrected chi connectivity index (χ1v) is 43.1. The number of aliphatic hydroxyl groups is 2. The molecule has 0 amide bonds. The minimum absolute atomic E-state index is 0. The number of tetrazole rings is 1. The molecule has 4 N–H and O–H groups in total. The number of aromatic nitrogens is 27. The van der Waals surface area contributed by atoms with Gasteiger partial charge in [0.25, 0.3) is 0 Å². The smallest absolute Gasteiger partial charge is 0.477 e. The minimum atomic E-state index is -1.05. The van der Waals surface area contributed by atoms with Crippen molar-refractivity contribution in [2.24, 2.45) is 0 Å². The third kappa shape index (κ3) is 25.4. The largest absolute Gasteiger partial charge is 2.00 e. The number of aliphatic hydroxyl groups excluding tert-OH is 2. The number of benzene rings is 10. The molecule has 16 aromatic heterocycles. The van der Waals surface area contributed by atoms with Gasteiger partial charge < -0.3 is 58.4 Å². The number of para-hydroxylation sites is 15. The van der Waals surface area contributed by atoms with E-state index in [4.69, 9.17) is 20.4 Å². The number of imidazole rings is 10. The van der Waals surface area contributed by atoms with Gasteiger partial charge in [-0.25, -0.2) is 44.5 Å². The summed E-state index contributed by atoms with van der Waals surface area (Å²) in [5, 5.41) is 55.4. The average Bonchev–Trinajstić information content (AvgIpc) is 1.62. The molecule has 0 saturated heterocycles. The number of aryl methyl sites for hydroxylation is 1. The fourth-order valence-corrected chi connectivity index (χ4v) is 14.9. The van der Waals surface area contributed by atoms with Crippen molar-refractivity contribution in [1.82, 2.24) is 130 Å². The number of nitrogens with zero attached hydrogens (tertiary/aromatic N) is 27. The molecule has 0 fully saturated rings. The Hall–Kier alpha value is -15.7. The van der Waals surface area contributed by atoms with E-state index in [1.54, 1.807) is 51.4 Å².